The highest BCUT2D eigenvalue weighted by Gasteiger charge is 2.37. The molecule has 4 aromatic carbocycles. The molecular formula is C41H30N2O. The van der Waals surface area contributed by atoms with E-state index in [1.807, 2.05) is 0 Å². The highest BCUT2D eigenvalue weighted by molar-refractivity contribution is 6.17. The molecule has 0 atom stereocenters. The second-order valence-corrected chi connectivity index (χ2v) is 12.6. The van der Waals surface area contributed by atoms with Crippen LogP contribution in [-0.2, 0) is 11.8 Å². The Labute approximate surface area is 256 Å². The van der Waals surface area contributed by atoms with Crippen molar-refractivity contribution in [3.8, 4) is 17.2 Å². The van der Waals surface area contributed by atoms with Crippen molar-refractivity contribution in [2.45, 2.75) is 38.5 Å². The average molecular weight is 567 g/mol. The first-order valence-electron chi connectivity index (χ1n) is 15.5. The highest BCUT2D eigenvalue weighted by atomic mass is 16.3. The van der Waals surface area contributed by atoms with E-state index in [9.17, 15) is 5.26 Å². The van der Waals surface area contributed by atoms with E-state index in [-0.39, 0.29) is 5.41 Å². The number of fused-ring (bicyclic) bond motifs is 10. The Morgan fingerprint density at radius 3 is 2.50 bits per heavy atom. The van der Waals surface area contributed by atoms with Crippen molar-refractivity contribution in [1.82, 2.24) is 4.57 Å². The maximum Gasteiger partial charge on any atom is 0.143 e. The molecule has 3 nitrogen and oxygen atoms in total. The summed E-state index contributed by atoms with van der Waals surface area (Å²) in [6.07, 6.45) is 13.4. The van der Waals surface area contributed by atoms with Gasteiger partial charge in [-0.3, -0.25) is 0 Å². The standard InChI is InChI=1S/C41H30N2O/c1-41(2)32-18-8-6-15-30(32)38-33(41)23-22-29-28-16-11-17-31(39(28)44-40(29)38)37-25(24-42)12-10-21-36(37)43-34-19-5-3-4-13-26(34)27-14-7-9-20-35(27)43/h3-9,11,14-23H,10,12-13H2,1-2H3. The summed E-state index contributed by atoms with van der Waals surface area (Å²) in [6, 6.07) is 30.9. The molecule has 3 aliphatic carbocycles. The van der Waals surface area contributed by atoms with Crippen LogP contribution in [0.4, 0.5) is 0 Å². The van der Waals surface area contributed by atoms with E-state index in [1.54, 1.807) is 0 Å². The molecule has 0 saturated heterocycles. The number of para-hydroxylation sites is 2. The molecule has 3 heteroatoms. The van der Waals surface area contributed by atoms with Gasteiger partial charge in [0.2, 0.25) is 0 Å². The van der Waals surface area contributed by atoms with Gasteiger partial charge < -0.3 is 8.98 Å². The Morgan fingerprint density at radius 1 is 0.795 bits per heavy atom. The fraction of sp³-hybridized carbons (Fsp3) is 0.146. The zero-order valence-electron chi connectivity index (χ0n) is 24.8. The van der Waals surface area contributed by atoms with Crippen molar-refractivity contribution < 1.29 is 4.42 Å². The van der Waals surface area contributed by atoms with Gasteiger partial charge in [0.1, 0.15) is 11.2 Å². The van der Waals surface area contributed by atoms with Gasteiger partial charge in [-0.05, 0) is 53.7 Å². The molecule has 3 aliphatic rings. The summed E-state index contributed by atoms with van der Waals surface area (Å²) in [7, 11) is 0. The minimum absolute atomic E-state index is 0.104. The molecule has 9 rings (SSSR count). The van der Waals surface area contributed by atoms with Gasteiger partial charge in [0.05, 0.1) is 23.0 Å². The summed E-state index contributed by atoms with van der Waals surface area (Å²) in [5.41, 5.74) is 14.2. The second-order valence-electron chi connectivity index (χ2n) is 12.6. The lowest BCUT2D eigenvalue weighted by Gasteiger charge is -2.23. The zero-order chi connectivity index (χ0) is 29.6. The van der Waals surface area contributed by atoms with Crippen LogP contribution in [0.25, 0.3) is 61.3 Å². The van der Waals surface area contributed by atoms with Crippen molar-refractivity contribution in [3.63, 3.8) is 0 Å². The first-order valence-corrected chi connectivity index (χ1v) is 15.5. The van der Waals surface area contributed by atoms with Crippen molar-refractivity contribution in [1.29, 1.82) is 5.26 Å². The Hall–Kier alpha value is -5.33. The van der Waals surface area contributed by atoms with E-state index in [4.69, 9.17) is 4.42 Å². The van der Waals surface area contributed by atoms with Crippen molar-refractivity contribution in [2.75, 3.05) is 0 Å². The number of hydrogen-bond acceptors (Lipinski definition) is 2. The largest absolute Gasteiger partial charge is 0.455 e. The Balaban J connectivity index is 1.34. The number of hydrogen-bond donors (Lipinski definition) is 0. The molecule has 0 saturated carbocycles. The number of allylic oxidation sites excluding steroid dienone is 7. The first kappa shape index (κ1) is 25.2. The molecule has 0 fully saturated rings. The lowest BCUT2D eigenvalue weighted by atomic mass is 9.82. The molecular weight excluding hydrogens is 536 g/mol. The lowest BCUT2D eigenvalue weighted by molar-refractivity contribution is 0.653. The summed E-state index contributed by atoms with van der Waals surface area (Å²) < 4.78 is 9.38. The summed E-state index contributed by atoms with van der Waals surface area (Å²) in [5.74, 6) is 0. The molecule has 0 N–H and O–H groups in total. The van der Waals surface area contributed by atoms with Gasteiger partial charge in [0, 0.05) is 43.8 Å². The van der Waals surface area contributed by atoms with Crippen LogP contribution >= 0.6 is 0 Å². The van der Waals surface area contributed by atoms with Crippen LogP contribution in [0.15, 0.2) is 113 Å². The van der Waals surface area contributed by atoms with Crippen molar-refractivity contribution in [2.24, 2.45) is 0 Å². The summed E-state index contributed by atoms with van der Waals surface area (Å²) >= 11 is 0. The molecule has 0 amide bonds. The minimum Gasteiger partial charge on any atom is -0.455 e. The van der Waals surface area contributed by atoms with E-state index in [2.05, 4.69) is 134 Å². The van der Waals surface area contributed by atoms with Crippen LogP contribution in [0.3, 0.4) is 0 Å². The Kier molecular flexibility index (Phi) is 5.20. The first-order chi connectivity index (χ1) is 21.6. The molecule has 0 unspecified atom stereocenters. The molecule has 2 heterocycles. The van der Waals surface area contributed by atoms with Crippen molar-refractivity contribution >= 4 is 50.2 Å². The van der Waals surface area contributed by atoms with Gasteiger partial charge in [-0.15, -0.1) is 0 Å². The van der Waals surface area contributed by atoms with Gasteiger partial charge in [0.15, 0.2) is 0 Å². The maximum absolute atomic E-state index is 10.5. The third-order valence-electron chi connectivity index (χ3n) is 9.99. The van der Waals surface area contributed by atoms with Crippen LogP contribution in [0.2, 0.25) is 0 Å². The highest BCUT2D eigenvalue weighted by Crippen LogP contribution is 2.53. The van der Waals surface area contributed by atoms with Gasteiger partial charge in [-0.1, -0.05) is 111 Å². The number of rotatable bonds is 2. The van der Waals surface area contributed by atoms with Crippen LogP contribution in [0, 0.1) is 11.3 Å². The van der Waals surface area contributed by atoms with E-state index in [0.29, 0.717) is 6.42 Å². The zero-order valence-corrected chi connectivity index (χ0v) is 24.8. The van der Waals surface area contributed by atoms with Crippen molar-refractivity contribution in [3.05, 3.63) is 137 Å². The molecule has 0 spiro atoms. The number of aromatic nitrogens is 1. The number of furan rings is 1. The molecule has 210 valence electrons. The normalized spacial score (nSPS) is 16.6. The van der Waals surface area contributed by atoms with Crippen LogP contribution in [0.1, 0.15) is 54.6 Å². The van der Waals surface area contributed by atoms with Crippen LogP contribution < -0.4 is 0 Å². The van der Waals surface area contributed by atoms with E-state index >= 15 is 0 Å². The maximum atomic E-state index is 10.5. The molecule has 0 bridgehead atoms. The minimum atomic E-state index is -0.104. The smallest absolute Gasteiger partial charge is 0.143 e. The third-order valence-corrected chi connectivity index (χ3v) is 9.99. The molecule has 6 aromatic rings. The monoisotopic (exact) mass is 566 g/mol. The predicted octanol–water partition coefficient (Wildman–Crippen LogP) is 10.6. The SMILES string of the molecule is CC1(C)c2ccccc2-c2c1ccc1c2oc2c(C3=C(C#N)CCC=C3n3c4c(c5ccccc53)CC=CC=C4)cccc21. The summed E-state index contributed by atoms with van der Waals surface area (Å²) in [4.78, 5) is 0. The molecule has 0 radical (unpaired) electrons. The van der Waals surface area contributed by atoms with E-state index in [1.165, 1.54) is 38.9 Å². The summed E-state index contributed by atoms with van der Waals surface area (Å²) in [6.45, 7) is 4.60. The van der Waals surface area contributed by atoms with Crippen LogP contribution in [0.5, 0.6) is 0 Å². The van der Waals surface area contributed by atoms with Gasteiger partial charge >= 0.3 is 0 Å². The van der Waals surface area contributed by atoms with Gasteiger partial charge in [-0.2, -0.15) is 5.26 Å². The van der Waals surface area contributed by atoms with Gasteiger partial charge in [0.25, 0.3) is 0 Å². The third kappa shape index (κ3) is 3.26. The summed E-state index contributed by atoms with van der Waals surface area (Å²) in [5, 5.41) is 14.0. The van der Waals surface area contributed by atoms with Gasteiger partial charge in [-0.25, -0.2) is 0 Å². The number of nitrogens with zero attached hydrogens (tertiary/aromatic N) is 2. The van der Waals surface area contributed by atoms with Crippen LogP contribution in [-0.4, -0.2) is 4.57 Å². The lowest BCUT2D eigenvalue weighted by Crippen LogP contribution is -2.14. The fourth-order valence-electron chi connectivity index (χ4n) is 7.98. The number of nitriles is 1. The molecule has 0 aliphatic heterocycles. The Morgan fingerprint density at radius 2 is 1.59 bits per heavy atom. The average Bonchev–Trinajstić information content (AvgIpc) is 3.58. The molecule has 2 aromatic heterocycles. The van der Waals surface area contributed by atoms with E-state index < -0.39 is 0 Å². The fourth-order valence-corrected chi connectivity index (χ4v) is 7.98. The predicted molar refractivity (Wildman–Crippen MR) is 181 cm³/mol. The quantitative estimate of drug-likeness (QED) is 0.209. The molecule has 44 heavy (non-hydrogen) atoms. The number of benzene rings is 4. The second kappa shape index (κ2) is 9.09. The Bertz CT molecular complexity index is 2390. The van der Waals surface area contributed by atoms with E-state index in [0.717, 1.165) is 62.7 Å². The topological polar surface area (TPSA) is 41.9 Å².